The minimum Gasteiger partial charge on any atom is -0.369 e. The molecule has 1 heterocycles. The minimum atomic E-state index is -0.316. The number of primary amides is 1. The largest absolute Gasteiger partial charge is 0.369 e. The molecule has 0 aromatic heterocycles. The van der Waals surface area contributed by atoms with Gasteiger partial charge in [-0.2, -0.15) is 0 Å². The van der Waals surface area contributed by atoms with E-state index in [0.29, 0.717) is 18.4 Å². The Morgan fingerprint density at radius 1 is 1.19 bits per heavy atom. The first kappa shape index (κ1) is 13.6. The van der Waals surface area contributed by atoms with Crippen LogP contribution in [0.1, 0.15) is 51.9 Å². The molecule has 5 rings (SSSR count). The van der Waals surface area contributed by atoms with Crippen LogP contribution >= 0.6 is 0 Å². The van der Waals surface area contributed by atoms with Gasteiger partial charge in [-0.15, -0.1) is 0 Å². The van der Waals surface area contributed by atoms with Gasteiger partial charge >= 0.3 is 0 Å². The van der Waals surface area contributed by atoms with Crippen LogP contribution in [0.3, 0.4) is 0 Å². The molecular weight excluding hydrogens is 264 g/mol. The third-order valence-corrected chi connectivity index (χ3v) is 7.00. The smallest absolute Gasteiger partial charge is 0.223 e. The van der Waals surface area contributed by atoms with E-state index in [9.17, 15) is 9.59 Å². The Morgan fingerprint density at radius 3 is 2.14 bits per heavy atom. The van der Waals surface area contributed by atoms with Gasteiger partial charge in [0.2, 0.25) is 11.8 Å². The summed E-state index contributed by atoms with van der Waals surface area (Å²) in [4.78, 5) is 25.7. The maximum atomic E-state index is 12.3. The summed E-state index contributed by atoms with van der Waals surface area (Å²) in [6.07, 6.45) is 8.48. The molecule has 2 amide bonds. The second-order valence-corrected chi connectivity index (χ2v) is 8.31. The van der Waals surface area contributed by atoms with Crippen molar-refractivity contribution in [3.63, 3.8) is 0 Å². The Morgan fingerprint density at radius 2 is 1.71 bits per heavy atom. The second-order valence-electron chi connectivity index (χ2n) is 8.31. The molecule has 4 bridgehead atoms. The summed E-state index contributed by atoms with van der Waals surface area (Å²) in [7, 11) is 0. The lowest BCUT2D eigenvalue weighted by atomic mass is 9.47. The van der Waals surface area contributed by atoms with Crippen LogP contribution < -0.4 is 5.73 Å². The average Bonchev–Trinajstić information content (AvgIpc) is 2.78. The average molecular weight is 290 g/mol. The lowest BCUT2D eigenvalue weighted by molar-refractivity contribution is -0.140. The van der Waals surface area contributed by atoms with Crippen LogP contribution in [0.4, 0.5) is 0 Å². The highest BCUT2D eigenvalue weighted by Crippen LogP contribution is 2.62. The molecule has 5 aliphatic rings. The van der Waals surface area contributed by atoms with Crippen molar-refractivity contribution in [1.82, 2.24) is 4.90 Å². The van der Waals surface area contributed by atoms with Gasteiger partial charge in [0.05, 0.1) is 5.92 Å². The number of amides is 2. The molecule has 1 aliphatic heterocycles. The van der Waals surface area contributed by atoms with Crippen LogP contribution in [0.2, 0.25) is 0 Å². The fourth-order valence-electron chi connectivity index (χ4n) is 6.32. The summed E-state index contributed by atoms with van der Waals surface area (Å²) >= 11 is 0. The van der Waals surface area contributed by atoms with Gasteiger partial charge in [0, 0.05) is 19.0 Å². The molecule has 0 aromatic rings. The molecule has 2 atom stereocenters. The fourth-order valence-corrected chi connectivity index (χ4v) is 6.32. The van der Waals surface area contributed by atoms with Gasteiger partial charge in [-0.3, -0.25) is 9.59 Å². The molecule has 116 valence electrons. The number of carbonyl (C=O) groups excluding carboxylic acids is 2. The summed E-state index contributed by atoms with van der Waals surface area (Å²) in [5, 5.41) is 0. The van der Waals surface area contributed by atoms with E-state index in [1.807, 2.05) is 4.90 Å². The third kappa shape index (κ3) is 2.01. The van der Waals surface area contributed by atoms with Gasteiger partial charge in [-0.05, 0) is 68.6 Å². The SMILES string of the molecule is C[C@H](N1C[C@@H](C(N)=O)CC1=O)C12CC3CC(CC(C3)C1)C2. The Balaban J connectivity index is 1.56. The molecule has 0 unspecified atom stereocenters. The second kappa shape index (κ2) is 4.47. The third-order valence-electron chi connectivity index (χ3n) is 7.00. The van der Waals surface area contributed by atoms with Crippen molar-refractivity contribution in [2.75, 3.05) is 6.54 Å². The van der Waals surface area contributed by atoms with E-state index in [0.717, 1.165) is 17.8 Å². The van der Waals surface area contributed by atoms with Crippen molar-refractivity contribution in [3.05, 3.63) is 0 Å². The molecule has 4 heteroatoms. The number of carbonyl (C=O) groups is 2. The van der Waals surface area contributed by atoms with Crippen LogP contribution in [0.25, 0.3) is 0 Å². The monoisotopic (exact) mass is 290 g/mol. The first-order valence-electron chi connectivity index (χ1n) is 8.55. The van der Waals surface area contributed by atoms with Crippen LogP contribution in [-0.4, -0.2) is 29.3 Å². The van der Waals surface area contributed by atoms with Crippen molar-refractivity contribution >= 4 is 11.8 Å². The lowest BCUT2D eigenvalue weighted by Gasteiger charge is -2.60. The number of nitrogens with two attached hydrogens (primary N) is 1. The summed E-state index contributed by atoms with van der Waals surface area (Å²) < 4.78 is 0. The highest BCUT2D eigenvalue weighted by Gasteiger charge is 2.55. The summed E-state index contributed by atoms with van der Waals surface area (Å²) in [5.74, 6) is 2.23. The molecule has 4 saturated carbocycles. The van der Waals surface area contributed by atoms with Gasteiger partial charge in [-0.1, -0.05) is 0 Å². The van der Waals surface area contributed by atoms with Crippen LogP contribution in [-0.2, 0) is 9.59 Å². The predicted octanol–water partition coefficient (Wildman–Crippen LogP) is 1.93. The quantitative estimate of drug-likeness (QED) is 0.863. The molecule has 1 saturated heterocycles. The first-order chi connectivity index (χ1) is 9.97. The molecule has 0 aromatic carbocycles. The topological polar surface area (TPSA) is 63.4 Å². The number of nitrogens with zero attached hydrogens (tertiary/aromatic N) is 1. The summed E-state index contributed by atoms with van der Waals surface area (Å²) in [5.41, 5.74) is 5.74. The van der Waals surface area contributed by atoms with E-state index in [4.69, 9.17) is 5.73 Å². The standard InChI is InChI=1S/C17H26N2O2/c1-10(19-9-14(16(18)21)5-15(19)20)17-6-11-2-12(7-17)4-13(3-11)8-17/h10-14H,2-9H2,1H3,(H2,18,21)/t10-,11?,12?,13?,14-,17?/m0/s1. The van der Waals surface area contributed by atoms with Crippen molar-refractivity contribution in [3.8, 4) is 0 Å². The normalized spacial score (nSPS) is 46.1. The van der Waals surface area contributed by atoms with Gasteiger partial charge in [0.15, 0.2) is 0 Å². The Hall–Kier alpha value is -1.06. The molecule has 5 fully saturated rings. The fraction of sp³-hybridized carbons (Fsp3) is 0.882. The van der Waals surface area contributed by atoms with Gasteiger partial charge in [0.25, 0.3) is 0 Å². The van der Waals surface area contributed by atoms with E-state index in [1.54, 1.807) is 0 Å². The molecule has 2 N–H and O–H groups in total. The number of likely N-dealkylation sites (tertiary alicyclic amines) is 1. The van der Waals surface area contributed by atoms with E-state index >= 15 is 0 Å². The molecule has 4 aliphatic carbocycles. The maximum absolute atomic E-state index is 12.3. The number of hydrogen-bond donors (Lipinski definition) is 1. The van der Waals surface area contributed by atoms with E-state index in [1.165, 1.54) is 38.5 Å². The van der Waals surface area contributed by atoms with Crippen molar-refractivity contribution < 1.29 is 9.59 Å². The van der Waals surface area contributed by atoms with Gasteiger partial charge in [-0.25, -0.2) is 0 Å². The van der Waals surface area contributed by atoms with Crippen molar-refractivity contribution in [2.45, 2.75) is 57.9 Å². The van der Waals surface area contributed by atoms with Gasteiger partial charge < -0.3 is 10.6 Å². The van der Waals surface area contributed by atoms with E-state index in [-0.39, 0.29) is 23.8 Å². The lowest BCUT2D eigenvalue weighted by Crippen LogP contribution is -2.56. The molecule has 4 nitrogen and oxygen atoms in total. The Labute approximate surface area is 126 Å². The zero-order chi connectivity index (χ0) is 14.8. The van der Waals surface area contributed by atoms with Crippen LogP contribution in [0.5, 0.6) is 0 Å². The molecule has 0 spiro atoms. The number of hydrogen-bond acceptors (Lipinski definition) is 2. The van der Waals surface area contributed by atoms with Crippen LogP contribution in [0, 0.1) is 29.1 Å². The highest BCUT2D eigenvalue weighted by molar-refractivity contribution is 5.88. The Bertz CT molecular complexity index is 452. The van der Waals surface area contributed by atoms with Crippen LogP contribution in [0.15, 0.2) is 0 Å². The Kier molecular flexibility index (Phi) is 2.89. The molecule has 0 radical (unpaired) electrons. The molecular formula is C17H26N2O2. The first-order valence-corrected chi connectivity index (χ1v) is 8.55. The zero-order valence-corrected chi connectivity index (χ0v) is 12.9. The zero-order valence-electron chi connectivity index (χ0n) is 12.9. The van der Waals surface area contributed by atoms with E-state index in [2.05, 4.69) is 6.92 Å². The highest BCUT2D eigenvalue weighted by atomic mass is 16.2. The molecule has 21 heavy (non-hydrogen) atoms. The maximum Gasteiger partial charge on any atom is 0.223 e. The number of rotatable bonds is 3. The summed E-state index contributed by atoms with van der Waals surface area (Å²) in [6.45, 7) is 2.78. The minimum absolute atomic E-state index is 0.141. The van der Waals surface area contributed by atoms with Crippen molar-refractivity contribution in [2.24, 2.45) is 34.8 Å². The summed E-state index contributed by atoms with van der Waals surface area (Å²) in [6, 6.07) is 0.280. The van der Waals surface area contributed by atoms with Crippen molar-refractivity contribution in [1.29, 1.82) is 0 Å². The van der Waals surface area contributed by atoms with Gasteiger partial charge in [0.1, 0.15) is 0 Å². The predicted molar refractivity (Wildman–Crippen MR) is 79.1 cm³/mol. The van der Waals surface area contributed by atoms with E-state index < -0.39 is 0 Å².